The highest BCUT2D eigenvalue weighted by Gasteiger charge is 2.31. The van der Waals surface area contributed by atoms with E-state index in [1.54, 1.807) is 43.4 Å². The van der Waals surface area contributed by atoms with Crippen LogP contribution >= 0.6 is 0 Å². The normalized spacial score (nSPS) is 18.1. The molecule has 0 radical (unpaired) electrons. The first-order valence-corrected chi connectivity index (χ1v) is 9.91. The summed E-state index contributed by atoms with van der Waals surface area (Å²) in [4.78, 5) is 18.4. The topological polar surface area (TPSA) is 103 Å². The molecule has 1 saturated heterocycles. The van der Waals surface area contributed by atoms with Gasteiger partial charge in [-0.15, -0.1) is 0 Å². The average molecular weight is 370 g/mol. The Morgan fingerprint density at radius 2 is 2.15 bits per heavy atom. The van der Waals surface area contributed by atoms with Crippen LogP contribution in [0.1, 0.15) is 22.3 Å². The van der Waals surface area contributed by atoms with Crippen molar-refractivity contribution in [2.24, 2.45) is 0 Å². The second kappa shape index (κ2) is 7.14. The molecule has 26 heavy (non-hydrogen) atoms. The van der Waals surface area contributed by atoms with Crippen LogP contribution in [0.5, 0.6) is 0 Å². The molecule has 1 unspecified atom stereocenters. The van der Waals surface area contributed by atoms with Crippen molar-refractivity contribution in [1.29, 1.82) is 5.26 Å². The highest BCUT2D eigenvalue weighted by Crippen LogP contribution is 2.21. The Morgan fingerprint density at radius 3 is 2.77 bits per heavy atom. The summed E-state index contributed by atoms with van der Waals surface area (Å²) in [5, 5.41) is 11.6. The second-order valence-electron chi connectivity index (χ2n) is 6.22. The molecule has 1 fully saturated rings. The predicted molar refractivity (Wildman–Crippen MR) is 98.8 cm³/mol. The van der Waals surface area contributed by atoms with E-state index in [-0.39, 0.29) is 23.5 Å². The van der Waals surface area contributed by atoms with Crippen molar-refractivity contribution in [1.82, 2.24) is 4.98 Å². The quantitative estimate of drug-likeness (QED) is 0.881. The Morgan fingerprint density at radius 1 is 1.35 bits per heavy atom. The van der Waals surface area contributed by atoms with Crippen molar-refractivity contribution >= 4 is 27.2 Å². The Kier molecular flexibility index (Phi) is 4.91. The number of rotatable bonds is 4. The summed E-state index contributed by atoms with van der Waals surface area (Å²) in [7, 11) is -1.16. The molecule has 8 heteroatoms. The molecule has 2 aromatic rings. The lowest BCUT2D eigenvalue weighted by Gasteiger charge is -2.24. The van der Waals surface area contributed by atoms with Crippen LogP contribution in [0, 0.1) is 11.3 Å². The van der Waals surface area contributed by atoms with Crippen molar-refractivity contribution in [3.63, 3.8) is 0 Å². The minimum Gasteiger partial charge on any atom is -0.356 e. The number of hydrogen-bond acceptors (Lipinski definition) is 6. The lowest BCUT2D eigenvalue weighted by Crippen LogP contribution is -2.33. The number of carbonyl (C=O) groups excluding carboxylic acids is 1. The number of sulfone groups is 1. The Hall–Kier alpha value is -2.92. The summed E-state index contributed by atoms with van der Waals surface area (Å²) >= 11 is 0. The minimum absolute atomic E-state index is 0.0964. The predicted octanol–water partition coefficient (Wildman–Crippen LogP) is 1.83. The standard InChI is InChI=1S/C18H18N4O3S/c1-22(16-7-8-26(24,25)12-16)17-6-5-14(11-20-17)18(23)21-15-4-2-3-13(9-15)10-19/h2-6,9,11,16H,7-8,12H2,1H3,(H,21,23). The van der Waals surface area contributed by atoms with E-state index in [1.165, 1.54) is 6.20 Å². The Balaban J connectivity index is 1.69. The van der Waals surface area contributed by atoms with Crippen molar-refractivity contribution in [3.8, 4) is 6.07 Å². The number of nitrogens with one attached hydrogen (secondary N) is 1. The molecular weight excluding hydrogens is 352 g/mol. The third-order valence-corrected chi connectivity index (χ3v) is 6.13. The molecule has 1 aromatic carbocycles. The van der Waals surface area contributed by atoms with Gasteiger partial charge in [0.2, 0.25) is 0 Å². The maximum Gasteiger partial charge on any atom is 0.257 e. The van der Waals surface area contributed by atoms with E-state index in [4.69, 9.17) is 5.26 Å². The van der Waals surface area contributed by atoms with Crippen molar-refractivity contribution in [2.45, 2.75) is 12.5 Å². The minimum atomic E-state index is -2.97. The van der Waals surface area contributed by atoms with Gasteiger partial charge in [0.15, 0.2) is 9.84 Å². The monoisotopic (exact) mass is 370 g/mol. The van der Waals surface area contributed by atoms with Crippen LogP contribution in [0.3, 0.4) is 0 Å². The molecule has 7 nitrogen and oxygen atoms in total. The van der Waals surface area contributed by atoms with Gasteiger partial charge in [0.25, 0.3) is 5.91 Å². The number of hydrogen-bond donors (Lipinski definition) is 1. The highest BCUT2D eigenvalue weighted by atomic mass is 32.2. The summed E-state index contributed by atoms with van der Waals surface area (Å²) in [6.07, 6.45) is 2.04. The summed E-state index contributed by atoms with van der Waals surface area (Å²) < 4.78 is 23.2. The first-order chi connectivity index (χ1) is 12.4. The van der Waals surface area contributed by atoms with Gasteiger partial charge < -0.3 is 10.2 Å². The van der Waals surface area contributed by atoms with E-state index in [2.05, 4.69) is 10.3 Å². The summed E-state index contributed by atoms with van der Waals surface area (Å²) in [5.41, 5.74) is 1.37. The van der Waals surface area contributed by atoms with Crippen LogP contribution in [-0.4, -0.2) is 43.9 Å². The van der Waals surface area contributed by atoms with Gasteiger partial charge in [-0.25, -0.2) is 13.4 Å². The summed E-state index contributed by atoms with van der Waals surface area (Å²) in [5.74, 6) is 0.618. The van der Waals surface area contributed by atoms with Gasteiger partial charge in [-0.2, -0.15) is 5.26 Å². The Labute approximate surface area is 152 Å². The van der Waals surface area contributed by atoms with Crippen LogP contribution in [0.15, 0.2) is 42.6 Å². The van der Waals surface area contributed by atoms with E-state index in [0.29, 0.717) is 29.1 Å². The number of carbonyl (C=O) groups is 1. The number of nitriles is 1. The number of amides is 1. The first-order valence-electron chi connectivity index (χ1n) is 8.09. The highest BCUT2D eigenvalue weighted by molar-refractivity contribution is 7.91. The van der Waals surface area contributed by atoms with Crippen LogP contribution < -0.4 is 10.2 Å². The molecule has 0 spiro atoms. The molecule has 1 N–H and O–H groups in total. The molecule has 0 saturated carbocycles. The SMILES string of the molecule is CN(c1ccc(C(=O)Nc2cccc(C#N)c2)cn1)C1CCS(=O)(=O)C1. The number of pyridine rings is 1. The van der Waals surface area contributed by atoms with Gasteiger partial charge in [-0.05, 0) is 36.8 Å². The fourth-order valence-corrected chi connectivity index (χ4v) is 4.64. The van der Waals surface area contributed by atoms with Crippen LogP contribution in [0.25, 0.3) is 0 Å². The molecule has 1 aliphatic rings. The van der Waals surface area contributed by atoms with E-state index in [1.807, 2.05) is 11.0 Å². The largest absolute Gasteiger partial charge is 0.356 e. The smallest absolute Gasteiger partial charge is 0.257 e. The van der Waals surface area contributed by atoms with E-state index in [0.717, 1.165) is 0 Å². The molecule has 1 aliphatic heterocycles. The zero-order valence-electron chi connectivity index (χ0n) is 14.2. The van der Waals surface area contributed by atoms with Gasteiger partial charge in [0.05, 0.1) is 28.7 Å². The summed E-state index contributed by atoms with van der Waals surface area (Å²) in [6, 6.07) is 11.9. The molecule has 3 rings (SSSR count). The van der Waals surface area contributed by atoms with Gasteiger partial charge in [0, 0.05) is 25.0 Å². The van der Waals surface area contributed by atoms with Gasteiger partial charge in [-0.1, -0.05) is 6.07 Å². The number of aromatic nitrogens is 1. The maximum atomic E-state index is 12.3. The number of nitrogens with zero attached hydrogens (tertiary/aromatic N) is 3. The molecular formula is C18H18N4O3S. The summed E-state index contributed by atoms with van der Waals surface area (Å²) in [6.45, 7) is 0. The lowest BCUT2D eigenvalue weighted by atomic mass is 10.2. The maximum absolute atomic E-state index is 12.3. The van der Waals surface area contributed by atoms with E-state index < -0.39 is 9.84 Å². The van der Waals surface area contributed by atoms with Gasteiger partial charge >= 0.3 is 0 Å². The fourth-order valence-electron chi connectivity index (χ4n) is 2.87. The molecule has 1 aromatic heterocycles. The van der Waals surface area contributed by atoms with Crippen LogP contribution in [0.4, 0.5) is 11.5 Å². The number of anilines is 2. The second-order valence-corrected chi connectivity index (χ2v) is 8.45. The van der Waals surface area contributed by atoms with Crippen LogP contribution in [-0.2, 0) is 9.84 Å². The number of benzene rings is 1. The molecule has 0 bridgehead atoms. The van der Waals surface area contributed by atoms with Crippen LogP contribution in [0.2, 0.25) is 0 Å². The van der Waals surface area contributed by atoms with E-state index >= 15 is 0 Å². The van der Waals surface area contributed by atoms with Gasteiger partial charge in [-0.3, -0.25) is 4.79 Å². The first kappa shape index (κ1) is 17.9. The van der Waals surface area contributed by atoms with E-state index in [9.17, 15) is 13.2 Å². The van der Waals surface area contributed by atoms with Gasteiger partial charge in [0.1, 0.15) is 5.82 Å². The fraction of sp³-hybridized carbons (Fsp3) is 0.278. The molecule has 1 amide bonds. The third-order valence-electron chi connectivity index (χ3n) is 4.38. The van der Waals surface area contributed by atoms with Crippen molar-refractivity contribution in [3.05, 3.63) is 53.7 Å². The van der Waals surface area contributed by atoms with Crippen molar-refractivity contribution in [2.75, 3.05) is 28.8 Å². The average Bonchev–Trinajstić information content (AvgIpc) is 3.01. The third kappa shape index (κ3) is 4.00. The molecule has 134 valence electrons. The molecule has 1 atom stereocenters. The zero-order valence-corrected chi connectivity index (χ0v) is 15.0. The lowest BCUT2D eigenvalue weighted by molar-refractivity contribution is 0.102. The Bertz CT molecular complexity index is 965. The van der Waals surface area contributed by atoms with Crippen molar-refractivity contribution < 1.29 is 13.2 Å². The molecule has 0 aliphatic carbocycles. The zero-order chi connectivity index (χ0) is 18.7. The molecule has 2 heterocycles.